The smallest absolute Gasteiger partial charge is 0.263 e. The van der Waals surface area contributed by atoms with Gasteiger partial charge in [-0.2, -0.15) is 4.99 Å². The van der Waals surface area contributed by atoms with E-state index < -0.39 is 0 Å². The molecule has 0 fully saturated rings. The summed E-state index contributed by atoms with van der Waals surface area (Å²) in [5, 5.41) is 14.4. The molecule has 0 bridgehead atoms. The third kappa shape index (κ3) is 3.92. The second kappa shape index (κ2) is 5.56. The molecule has 0 aromatic carbocycles. The minimum Gasteiger partial charge on any atom is -0.264 e. The summed E-state index contributed by atoms with van der Waals surface area (Å²) >= 11 is 0. The number of nitrogens with one attached hydrogen (secondary N) is 1. The van der Waals surface area contributed by atoms with E-state index in [1.807, 2.05) is 0 Å². The van der Waals surface area contributed by atoms with Gasteiger partial charge in [0.15, 0.2) is 5.84 Å². The topological polar surface area (TPSA) is 60.9 Å². The van der Waals surface area contributed by atoms with Crippen LogP contribution in [0.25, 0.3) is 0 Å². The van der Waals surface area contributed by atoms with Crippen LogP contribution in [0.2, 0.25) is 0 Å². The first-order valence-electron chi connectivity index (χ1n) is 4.91. The van der Waals surface area contributed by atoms with E-state index in [1.54, 1.807) is 0 Å². The van der Waals surface area contributed by atoms with Crippen molar-refractivity contribution in [3.63, 3.8) is 0 Å². The van der Waals surface area contributed by atoms with Gasteiger partial charge in [0.25, 0.3) is 5.96 Å². The van der Waals surface area contributed by atoms with Crippen LogP contribution in [-0.4, -0.2) is 11.8 Å². The molecule has 72 valence electrons. The predicted octanol–water partition coefficient (Wildman–Crippen LogP) is 3.15. The van der Waals surface area contributed by atoms with Crippen molar-refractivity contribution in [2.24, 2.45) is 15.2 Å². The highest BCUT2D eigenvalue weighted by Crippen LogP contribution is 2.09. The molecule has 0 aliphatic carbocycles. The van der Waals surface area contributed by atoms with E-state index in [0.29, 0.717) is 0 Å². The van der Waals surface area contributed by atoms with E-state index in [9.17, 15) is 0 Å². The minimum absolute atomic E-state index is 0.0450. The maximum absolute atomic E-state index is 7.08. The summed E-state index contributed by atoms with van der Waals surface area (Å²) < 4.78 is 0. The molecule has 0 aromatic rings. The molecule has 1 heterocycles. The number of azo groups is 1. The third-order valence-corrected chi connectivity index (χ3v) is 2.00. The van der Waals surface area contributed by atoms with Gasteiger partial charge in [-0.05, 0) is 6.42 Å². The molecule has 0 aromatic heterocycles. The molecule has 0 atom stereocenters. The Bertz CT molecular complexity index is 230. The maximum Gasteiger partial charge on any atom is 0.263 e. The van der Waals surface area contributed by atoms with Crippen LogP contribution >= 0.6 is 0 Å². The van der Waals surface area contributed by atoms with Gasteiger partial charge in [0.1, 0.15) is 0 Å². The van der Waals surface area contributed by atoms with Crippen molar-refractivity contribution in [3.05, 3.63) is 0 Å². The lowest BCUT2D eigenvalue weighted by atomic mass is 10.1. The first kappa shape index (κ1) is 10.0. The molecule has 0 unspecified atom stereocenters. The second-order valence-corrected chi connectivity index (χ2v) is 3.22. The Morgan fingerprint density at radius 1 is 1.08 bits per heavy atom. The summed E-state index contributed by atoms with van der Waals surface area (Å²) in [5.74, 6) is 0.769. The number of hydrogen-bond acceptors (Lipinski definition) is 2. The Hall–Kier alpha value is -1.06. The van der Waals surface area contributed by atoms with Crippen LogP contribution in [0.3, 0.4) is 0 Å². The van der Waals surface area contributed by atoms with E-state index >= 15 is 0 Å². The van der Waals surface area contributed by atoms with Gasteiger partial charge in [0, 0.05) is 6.42 Å². The highest BCUT2D eigenvalue weighted by Gasteiger charge is 2.05. The van der Waals surface area contributed by atoms with Crippen molar-refractivity contribution < 1.29 is 0 Å². The summed E-state index contributed by atoms with van der Waals surface area (Å²) in [7, 11) is 0. The predicted molar refractivity (Wildman–Crippen MR) is 53.4 cm³/mol. The molecule has 0 saturated heterocycles. The number of guanidine groups is 1. The monoisotopic (exact) mass is 180 g/mol. The highest BCUT2D eigenvalue weighted by molar-refractivity contribution is 5.99. The van der Waals surface area contributed by atoms with E-state index in [2.05, 4.69) is 22.1 Å². The summed E-state index contributed by atoms with van der Waals surface area (Å²) in [5.41, 5.74) is 0. The molecule has 4 nitrogen and oxygen atoms in total. The molecule has 1 rings (SSSR count). The van der Waals surface area contributed by atoms with Gasteiger partial charge in [-0.1, -0.05) is 32.6 Å². The van der Waals surface area contributed by atoms with Crippen LogP contribution in [0.1, 0.15) is 45.4 Å². The standard InChI is InChI=1S/C9H16N4/c1-2-3-4-5-6-7-8-11-9(10)13-12-8/h10H,2-7H2,1H3. The van der Waals surface area contributed by atoms with Crippen LogP contribution in [0.15, 0.2) is 15.2 Å². The van der Waals surface area contributed by atoms with Crippen LogP contribution in [0, 0.1) is 5.41 Å². The summed E-state index contributed by atoms with van der Waals surface area (Å²) in [6.45, 7) is 2.20. The summed E-state index contributed by atoms with van der Waals surface area (Å²) in [4.78, 5) is 3.87. The Morgan fingerprint density at radius 2 is 1.85 bits per heavy atom. The molecule has 1 aliphatic rings. The summed E-state index contributed by atoms with van der Waals surface area (Å²) in [6, 6.07) is 0. The number of aliphatic imine (C=N–C) groups is 1. The Balaban J connectivity index is 2.04. The van der Waals surface area contributed by atoms with Gasteiger partial charge in [0.2, 0.25) is 0 Å². The fraction of sp³-hybridized carbons (Fsp3) is 0.778. The van der Waals surface area contributed by atoms with Gasteiger partial charge in [-0.25, -0.2) is 0 Å². The molecule has 0 saturated carbocycles. The normalized spacial score (nSPS) is 15.2. The maximum atomic E-state index is 7.08. The zero-order valence-electron chi connectivity index (χ0n) is 8.08. The largest absolute Gasteiger partial charge is 0.264 e. The van der Waals surface area contributed by atoms with Gasteiger partial charge in [-0.3, -0.25) is 5.41 Å². The Labute approximate surface area is 78.7 Å². The van der Waals surface area contributed by atoms with Crippen molar-refractivity contribution in [1.82, 2.24) is 0 Å². The molecule has 1 aliphatic heterocycles. The first-order valence-corrected chi connectivity index (χ1v) is 4.91. The van der Waals surface area contributed by atoms with Crippen molar-refractivity contribution in [1.29, 1.82) is 5.41 Å². The van der Waals surface area contributed by atoms with Crippen LogP contribution < -0.4 is 0 Å². The lowest BCUT2D eigenvalue weighted by Crippen LogP contribution is -1.91. The SMILES string of the molecule is CCCCCCCC1=NC(=N)N=N1. The second-order valence-electron chi connectivity index (χ2n) is 3.22. The van der Waals surface area contributed by atoms with Crippen LogP contribution in [-0.2, 0) is 0 Å². The van der Waals surface area contributed by atoms with E-state index in [4.69, 9.17) is 5.41 Å². The van der Waals surface area contributed by atoms with Crippen molar-refractivity contribution >= 4 is 11.8 Å². The molecule has 0 spiro atoms. The Morgan fingerprint density at radius 3 is 2.46 bits per heavy atom. The van der Waals surface area contributed by atoms with Gasteiger partial charge in [-0.15, -0.1) is 10.2 Å². The molecule has 4 heteroatoms. The molecule has 0 amide bonds. The number of unbranched alkanes of at least 4 members (excludes halogenated alkanes) is 4. The average molecular weight is 180 g/mol. The van der Waals surface area contributed by atoms with E-state index in [-0.39, 0.29) is 5.96 Å². The molecule has 0 radical (unpaired) electrons. The fourth-order valence-corrected chi connectivity index (χ4v) is 1.26. The average Bonchev–Trinajstić information content (AvgIpc) is 2.51. The number of rotatable bonds is 6. The molecular formula is C9H16N4. The van der Waals surface area contributed by atoms with Crippen molar-refractivity contribution in [2.45, 2.75) is 45.4 Å². The zero-order chi connectivity index (χ0) is 9.52. The molecule has 1 N–H and O–H groups in total. The molecule has 13 heavy (non-hydrogen) atoms. The van der Waals surface area contributed by atoms with Gasteiger partial charge in [0.05, 0.1) is 0 Å². The summed E-state index contributed by atoms with van der Waals surface area (Å²) in [6.07, 6.45) is 7.09. The molecular weight excluding hydrogens is 164 g/mol. The number of nitrogens with zero attached hydrogens (tertiary/aromatic N) is 3. The third-order valence-electron chi connectivity index (χ3n) is 2.00. The lowest BCUT2D eigenvalue weighted by molar-refractivity contribution is 0.642. The van der Waals surface area contributed by atoms with Crippen LogP contribution in [0.5, 0.6) is 0 Å². The van der Waals surface area contributed by atoms with Crippen molar-refractivity contribution in [2.75, 3.05) is 0 Å². The number of hydrogen-bond donors (Lipinski definition) is 1. The van der Waals surface area contributed by atoms with E-state index in [1.165, 1.54) is 25.7 Å². The van der Waals surface area contributed by atoms with Crippen LogP contribution in [0.4, 0.5) is 0 Å². The highest BCUT2D eigenvalue weighted by atomic mass is 15.3. The van der Waals surface area contributed by atoms with Gasteiger partial charge < -0.3 is 0 Å². The number of amidine groups is 1. The Kier molecular flexibility index (Phi) is 4.29. The zero-order valence-corrected chi connectivity index (χ0v) is 8.08. The first-order chi connectivity index (χ1) is 6.33. The minimum atomic E-state index is 0.0450. The van der Waals surface area contributed by atoms with Crippen molar-refractivity contribution in [3.8, 4) is 0 Å². The lowest BCUT2D eigenvalue weighted by Gasteiger charge is -1.96. The fourth-order valence-electron chi connectivity index (χ4n) is 1.26. The van der Waals surface area contributed by atoms with Gasteiger partial charge >= 0.3 is 0 Å². The quantitative estimate of drug-likeness (QED) is 0.610. The van der Waals surface area contributed by atoms with E-state index in [0.717, 1.165) is 18.7 Å².